The monoisotopic (exact) mass is 468 g/mol. The van der Waals surface area contributed by atoms with Crippen molar-refractivity contribution in [2.24, 2.45) is 11.7 Å². The molecular formula is C30H36N4O. The van der Waals surface area contributed by atoms with Crippen molar-refractivity contribution in [1.29, 1.82) is 0 Å². The molecule has 35 heavy (non-hydrogen) atoms. The Morgan fingerprint density at radius 3 is 2.20 bits per heavy atom. The summed E-state index contributed by atoms with van der Waals surface area (Å²) in [4.78, 5) is 20.8. The van der Waals surface area contributed by atoms with Crippen molar-refractivity contribution in [1.82, 2.24) is 14.5 Å². The molecule has 182 valence electrons. The maximum Gasteiger partial charge on any atom is 0.223 e. The number of aryl methyl sites for hydroxylation is 1. The number of para-hydroxylation sites is 2. The molecule has 0 saturated heterocycles. The predicted molar refractivity (Wildman–Crippen MR) is 143 cm³/mol. The van der Waals surface area contributed by atoms with Crippen LogP contribution in [-0.4, -0.2) is 33.4 Å². The average molecular weight is 469 g/mol. The van der Waals surface area contributed by atoms with Crippen molar-refractivity contribution in [3.8, 4) is 0 Å². The number of imidazole rings is 1. The standard InChI is InChI=1S/C30H36N4O/c1-23(2)29(33(21-11-20-31)28(35)19-18-24-12-5-3-6-13-24)30-32-26-16-9-10-17-27(26)34(30)22-25-14-7-4-8-15-25/h3-10,12-17,23,29H,11,18-22,31H2,1-2H3. The molecule has 0 bridgehead atoms. The van der Waals surface area contributed by atoms with Crippen LogP contribution in [0, 0.1) is 5.92 Å². The molecule has 4 aromatic rings. The minimum absolute atomic E-state index is 0.138. The fourth-order valence-corrected chi connectivity index (χ4v) is 4.77. The Bertz CT molecular complexity index is 1220. The highest BCUT2D eigenvalue weighted by Gasteiger charge is 2.32. The van der Waals surface area contributed by atoms with E-state index < -0.39 is 0 Å². The molecule has 1 aromatic heterocycles. The second-order valence-electron chi connectivity index (χ2n) is 9.43. The summed E-state index contributed by atoms with van der Waals surface area (Å²) >= 11 is 0. The molecule has 5 heteroatoms. The van der Waals surface area contributed by atoms with Gasteiger partial charge in [0.05, 0.1) is 17.1 Å². The van der Waals surface area contributed by atoms with Gasteiger partial charge in [0.25, 0.3) is 0 Å². The number of fused-ring (bicyclic) bond motifs is 1. The molecule has 0 aliphatic heterocycles. The summed E-state index contributed by atoms with van der Waals surface area (Å²) in [6, 6.07) is 28.8. The van der Waals surface area contributed by atoms with Crippen molar-refractivity contribution in [2.45, 2.75) is 45.7 Å². The quantitative estimate of drug-likeness (QED) is 0.312. The molecule has 0 spiro atoms. The van der Waals surface area contributed by atoms with Gasteiger partial charge in [-0.15, -0.1) is 0 Å². The van der Waals surface area contributed by atoms with E-state index in [1.54, 1.807) is 0 Å². The third-order valence-corrected chi connectivity index (χ3v) is 6.49. The van der Waals surface area contributed by atoms with Gasteiger partial charge in [-0.1, -0.05) is 86.6 Å². The number of nitrogens with zero attached hydrogens (tertiary/aromatic N) is 3. The smallest absolute Gasteiger partial charge is 0.223 e. The van der Waals surface area contributed by atoms with E-state index in [2.05, 4.69) is 73.0 Å². The zero-order valence-electron chi connectivity index (χ0n) is 20.8. The van der Waals surface area contributed by atoms with Gasteiger partial charge >= 0.3 is 0 Å². The zero-order chi connectivity index (χ0) is 24.6. The molecule has 1 atom stereocenters. The van der Waals surface area contributed by atoms with E-state index in [-0.39, 0.29) is 17.9 Å². The Kier molecular flexibility index (Phi) is 8.32. The first-order valence-electron chi connectivity index (χ1n) is 12.6. The fourth-order valence-electron chi connectivity index (χ4n) is 4.77. The third-order valence-electron chi connectivity index (χ3n) is 6.49. The molecular weight excluding hydrogens is 432 g/mol. The van der Waals surface area contributed by atoms with E-state index in [0.717, 1.165) is 29.7 Å². The summed E-state index contributed by atoms with van der Waals surface area (Å²) in [5.41, 5.74) is 10.3. The lowest BCUT2D eigenvalue weighted by molar-refractivity contribution is -0.135. The van der Waals surface area contributed by atoms with Crippen LogP contribution in [0.2, 0.25) is 0 Å². The Morgan fingerprint density at radius 2 is 1.54 bits per heavy atom. The molecule has 0 fully saturated rings. The van der Waals surface area contributed by atoms with Crippen LogP contribution in [0.4, 0.5) is 0 Å². The van der Waals surface area contributed by atoms with Crippen LogP contribution in [0.3, 0.4) is 0 Å². The van der Waals surface area contributed by atoms with Crippen molar-refractivity contribution in [3.63, 3.8) is 0 Å². The minimum Gasteiger partial charge on any atom is -0.332 e. The zero-order valence-corrected chi connectivity index (χ0v) is 20.8. The van der Waals surface area contributed by atoms with Crippen LogP contribution in [0.25, 0.3) is 11.0 Å². The lowest BCUT2D eigenvalue weighted by atomic mass is 9.99. The van der Waals surface area contributed by atoms with Gasteiger partial charge in [-0.25, -0.2) is 4.98 Å². The topological polar surface area (TPSA) is 64.2 Å². The first-order chi connectivity index (χ1) is 17.1. The van der Waals surface area contributed by atoms with Gasteiger partial charge in [-0.05, 0) is 48.6 Å². The molecule has 3 aromatic carbocycles. The Labute approximate surface area is 208 Å². The summed E-state index contributed by atoms with van der Waals surface area (Å²) in [6.45, 7) is 6.24. The molecule has 4 rings (SSSR count). The number of nitrogens with two attached hydrogens (primary N) is 1. The number of rotatable bonds is 11. The number of carbonyl (C=O) groups excluding carboxylic acids is 1. The van der Waals surface area contributed by atoms with E-state index >= 15 is 0 Å². The molecule has 1 amide bonds. The van der Waals surface area contributed by atoms with Crippen LogP contribution < -0.4 is 5.73 Å². The first kappa shape index (κ1) is 24.7. The molecule has 0 radical (unpaired) electrons. The summed E-state index contributed by atoms with van der Waals surface area (Å²) in [5.74, 6) is 1.29. The minimum atomic E-state index is -0.138. The fraction of sp³-hybridized carbons (Fsp3) is 0.333. The van der Waals surface area contributed by atoms with E-state index in [1.165, 1.54) is 11.1 Å². The van der Waals surface area contributed by atoms with Crippen LogP contribution in [0.15, 0.2) is 84.9 Å². The van der Waals surface area contributed by atoms with Crippen LogP contribution in [0.1, 0.15) is 49.7 Å². The predicted octanol–water partition coefficient (Wildman–Crippen LogP) is 5.59. The molecule has 1 unspecified atom stereocenters. The number of amides is 1. The molecule has 2 N–H and O–H groups in total. The van der Waals surface area contributed by atoms with Crippen molar-refractivity contribution in [2.75, 3.05) is 13.1 Å². The van der Waals surface area contributed by atoms with Crippen molar-refractivity contribution in [3.05, 3.63) is 102 Å². The second kappa shape index (κ2) is 11.8. The van der Waals surface area contributed by atoms with E-state index in [0.29, 0.717) is 26.1 Å². The summed E-state index contributed by atoms with van der Waals surface area (Å²) < 4.78 is 2.29. The van der Waals surface area contributed by atoms with Crippen molar-refractivity contribution < 1.29 is 4.79 Å². The van der Waals surface area contributed by atoms with Crippen LogP contribution >= 0.6 is 0 Å². The Balaban J connectivity index is 1.72. The number of hydrogen-bond acceptors (Lipinski definition) is 3. The molecule has 1 heterocycles. The Hall–Kier alpha value is -3.44. The molecule has 5 nitrogen and oxygen atoms in total. The maximum atomic E-state index is 13.7. The van der Waals surface area contributed by atoms with Gasteiger partial charge in [-0.3, -0.25) is 4.79 Å². The van der Waals surface area contributed by atoms with E-state index in [9.17, 15) is 4.79 Å². The highest BCUT2D eigenvalue weighted by molar-refractivity contribution is 5.78. The number of carbonyl (C=O) groups is 1. The van der Waals surface area contributed by atoms with Gasteiger partial charge in [0, 0.05) is 19.5 Å². The van der Waals surface area contributed by atoms with Gasteiger partial charge in [0.2, 0.25) is 5.91 Å². The number of hydrogen-bond donors (Lipinski definition) is 1. The largest absolute Gasteiger partial charge is 0.332 e. The van der Waals surface area contributed by atoms with Crippen LogP contribution in [-0.2, 0) is 17.8 Å². The second-order valence-corrected chi connectivity index (χ2v) is 9.43. The van der Waals surface area contributed by atoms with Crippen molar-refractivity contribution >= 4 is 16.9 Å². The van der Waals surface area contributed by atoms with E-state index in [1.807, 2.05) is 35.2 Å². The highest BCUT2D eigenvalue weighted by atomic mass is 16.2. The average Bonchev–Trinajstić information content (AvgIpc) is 3.23. The molecule has 0 aliphatic rings. The molecule has 0 aliphatic carbocycles. The maximum absolute atomic E-state index is 13.7. The van der Waals surface area contributed by atoms with Gasteiger partial charge in [0.1, 0.15) is 5.82 Å². The molecule has 0 saturated carbocycles. The van der Waals surface area contributed by atoms with Gasteiger partial charge in [0.15, 0.2) is 0 Å². The van der Waals surface area contributed by atoms with Crippen LogP contribution in [0.5, 0.6) is 0 Å². The SMILES string of the molecule is CC(C)C(c1nc2ccccc2n1Cc1ccccc1)N(CCCN)C(=O)CCc1ccccc1. The first-order valence-corrected chi connectivity index (χ1v) is 12.6. The summed E-state index contributed by atoms with van der Waals surface area (Å²) in [5, 5.41) is 0. The lowest BCUT2D eigenvalue weighted by Crippen LogP contribution is -2.40. The summed E-state index contributed by atoms with van der Waals surface area (Å²) in [7, 11) is 0. The number of aromatic nitrogens is 2. The Morgan fingerprint density at radius 1 is 0.914 bits per heavy atom. The normalized spacial score (nSPS) is 12.2. The lowest BCUT2D eigenvalue weighted by Gasteiger charge is -2.35. The summed E-state index contributed by atoms with van der Waals surface area (Å²) in [6.07, 6.45) is 1.96. The van der Waals surface area contributed by atoms with Gasteiger partial charge in [-0.2, -0.15) is 0 Å². The number of benzene rings is 3. The van der Waals surface area contributed by atoms with E-state index in [4.69, 9.17) is 10.7 Å². The third kappa shape index (κ3) is 5.98. The highest BCUT2D eigenvalue weighted by Crippen LogP contribution is 2.32. The van der Waals surface area contributed by atoms with Gasteiger partial charge < -0.3 is 15.2 Å².